The van der Waals surface area contributed by atoms with Crippen LogP contribution < -0.4 is 0 Å². The topological polar surface area (TPSA) is 4.93 Å². The standard InChI is InChI=1S/C17H23NS2/c1-16(2,3)12-8-10-14(19-12)15-11(18(10)7)9-13(20-15)17(4,5)6/h8-9H,1-7H3. The molecule has 0 aliphatic carbocycles. The van der Waals surface area contributed by atoms with Crippen molar-refractivity contribution in [1.82, 2.24) is 4.57 Å². The third-order valence-electron chi connectivity index (χ3n) is 3.83. The van der Waals surface area contributed by atoms with Crippen molar-refractivity contribution in [3.63, 3.8) is 0 Å². The molecule has 3 aromatic rings. The van der Waals surface area contributed by atoms with E-state index in [1.54, 1.807) is 0 Å². The van der Waals surface area contributed by atoms with Gasteiger partial charge in [0.2, 0.25) is 0 Å². The fourth-order valence-electron chi connectivity index (χ4n) is 2.46. The molecule has 0 saturated carbocycles. The molecule has 0 aliphatic rings. The van der Waals surface area contributed by atoms with E-state index in [4.69, 9.17) is 0 Å². The molecule has 0 N–H and O–H groups in total. The monoisotopic (exact) mass is 305 g/mol. The molecule has 3 heterocycles. The van der Waals surface area contributed by atoms with Gasteiger partial charge in [-0.1, -0.05) is 41.5 Å². The lowest BCUT2D eigenvalue weighted by Gasteiger charge is -2.15. The molecule has 3 aromatic heterocycles. The van der Waals surface area contributed by atoms with Gasteiger partial charge in [-0.3, -0.25) is 0 Å². The molecule has 3 rings (SSSR count). The molecule has 0 unspecified atom stereocenters. The summed E-state index contributed by atoms with van der Waals surface area (Å²) in [6, 6.07) is 4.76. The molecule has 0 aliphatic heterocycles. The van der Waals surface area contributed by atoms with Gasteiger partial charge in [-0.25, -0.2) is 0 Å². The molecule has 0 saturated heterocycles. The Labute approximate surface area is 129 Å². The number of aromatic nitrogens is 1. The number of rotatable bonds is 0. The van der Waals surface area contributed by atoms with Crippen LogP contribution in [0, 0.1) is 0 Å². The minimum absolute atomic E-state index is 0.236. The maximum Gasteiger partial charge on any atom is 0.0703 e. The zero-order valence-corrected chi connectivity index (χ0v) is 15.1. The van der Waals surface area contributed by atoms with Crippen LogP contribution in [0.3, 0.4) is 0 Å². The van der Waals surface area contributed by atoms with Crippen LogP contribution >= 0.6 is 22.7 Å². The van der Waals surface area contributed by atoms with Gasteiger partial charge in [-0.2, -0.15) is 0 Å². The number of hydrogen-bond acceptors (Lipinski definition) is 2. The predicted octanol–water partition coefficient (Wildman–Crippen LogP) is 6.05. The summed E-state index contributed by atoms with van der Waals surface area (Å²) in [5, 5.41) is 0. The van der Waals surface area contributed by atoms with E-state index >= 15 is 0 Å². The molecular weight excluding hydrogens is 282 g/mol. The Morgan fingerprint density at radius 3 is 1.40 bits per heavy atom. The normalized spacial score (nSPS) is 13.8. The van der Waals surface area contributed by atoms with Crippen LogP contribution in [0.25, 0.3) is 20.4 Å². The van der Waals surface area contributed by atoms with Gasteiger partial charge in [-0.15, -0.1) is 22.7 Å². The van der Waals surface area contributed by atoms with Gasteiger partial charge in [0.1, 0.15) is 0 Å². The van der Waals surface area contributed by atoms with Gasteiger partial charge in [0, 0.05) is 16.8 Å². The van der Waals surface area contributed by atoms with Crippen molar-refractivity contribution in [2.75, 3.05) is 0 Å². The smallest absolute Gasteiger partial charge is 0.0703 e. The lowest BCUT2D eigenvalue weighted by molar-refractivity contribution is 0.604. The summed E-state index contributed by atoms with van der Waals surface area (Å²) in [5.41, 5.74) is 3.25. The summed E-state index contributed by atoms with van der Waals surface area (Å²) in [7, 11) is 2.20. The second kappa shape index (κ2) is 4.11. The second-order valence-corrected chi connectivity index (χ2v) is 9.81. The maximum atomic E-state index is 2.38. The minimum atomic E-state index is 0.236. The fourth-order valence-corrected chi connectivity index (χ4v) is 5.09. The SMILES string of the molecule is Cn1c2cc(C(C)(C)C)sc2c2sc(C(C)(C)C)cc21. The molecule has 1 nitrogen and oxygen atoms in total. The van der Waals surface area contributed by atoms with Gasteiger partial charge in [0.05, 0.1) is 20.4 Å². The summed E-state index contributed by atoms with van der Waals surface area (Å²) in [4.78, 5) is 2.96. The van der Waals surface area contributed by atoms with Crippen molar-refractivity contribution < 1.29 is 0 Å². The van der Waals surface area contributed by atoms with Gasteiger partial charge in [0.15, 0.2) is 0 Å². The first kappa shape index (κ1) is 14.2. The van der Waals surface area contributed by atoms with Crippen molar-refractivity contribution in [2.24, 2.45) is 7.05 Å². The molecule has 3 heteroatoms. The Morgan fingerprint density at radius 1 is 0.750 bits per heavy atom. The van der Waals surface area contributed by atoms with E-state index in [-0.39, 0.29) is 10.8 Å². The Hall–Kier alpha value is -0.800. The quantitative estimate of drug-likeness (QED) is 0.476. The Balaban J connectivity index is 2.31. The highest BCUT2D eigenvalue weighted by Gasteiger charge is 2.24. The van der Waals surface area contributed by atoms with Gasteiger partial charge < -0.3 is 4.57 Å². The Morgan fingerprint density at radius 2 is 1.10 bits per heavy atom. The van der Waals surface area contributed by atoms with Crippen molar-refractivity contribution in [3.05, 3.63) is 21.9 Å². The fraction of sp³-hybridized carbons (Fsp3) is 0.529. The average molecular weight is 306 g/mol. The molecule has 0 spiro atoms. The molecule has 0 fully saturated rings. The van der Waals surface area contributed by atoms with Crippen LogP contribution in [-0.2, 0) is 17.9 Å². The first-order valence-corrected chi connectivity index (χ1v) is 8.75. The lowest BCUT2D eigenvalue weighted by atomic mass is 9.95. The summed E-state index contributed by atoms with van der Waals surface area (Å²) in [6.45, 7) is 13.8. The van der Waals surface area contributed by atoms with Crippen molar-refractivity contribution in [1.29, 1.82) is 0 Å². The molecule has 108 valence electrons. The Bertz CT molecular complexity index is 719. The van der Waals surface area contributed by atoms with Gasteiger partial charge in [0.25, 0.3) is 0 Å². The number of nitrogens with zero attached hydrogens (tertiary/aromatic N) is 1. The van der Waals surface area contributed by atoms with E-state index in [2.05, 4.69) is 65.3 Å². The van der Waals surface area contributed by atoms with E-state index in [0.29, 0.717) is 0 Å². The van der Waals surface area contributed by atoms with Crippen molar-refractivity contribution >= 4 is 43.1 Å². The van der Waals surface area contributed by atoms with E-state index in [9.17, 15) is 0 Å². The molecule has 0 bridgehead atoms. The highest BCUT2D eigenvalue weighted by Crippen LogP contribution is 2.44. The summed E-state index contributed by atoms with van der Waals surface area (Å²) < 4.78 is 5.29. The molecule has 0 amide bonds. The summed E-state index contributed by atoms with van der Waals surface area (Å²) >= 11 is 3.94. The average Bonchev–Trinajstić information content (AvgIpc) is 2.93. The molecule has 20 heavy (non-hydrogen) atoms. The zero-order chi connectivity index (χ0) is 14.9. The van der Waals surface area contributed by atoms with E-state index in [0.717, 1.165) is 0 Å². The Kier molecular flexibility index (Phi) is 2.91. The van der Waals surface area contributed by atoms with Crippen LogP contribution in [0.15, 0.2) is 12.1 Å². The van der Waals surface area contributed by atoms with Crippen molar-refractivity contribution in [2.45, 2.75) is 52.4 Å². The van der Waals surface area contributed by atoms with E-state index < -0.39 is 0 Å². The minimum Gasteiger partial charge on any atom is -0.342 e. The number of fused-ring (bicyclic) bond motifs is 3. The maximum absolute atomic E-state index is 2.38. The zero-order valence-electron chi connectivity index (χ0n) is 13.4. The molecule has 0 aromatic carbocycles. The third-order valence-corrected chi connectivity index (χ3v) is 7.10. The first-order valence-electron chi connectivity index (χ1n) is 7.12. The van der Waals surface area contributed by atoms with E-state index in [1.807, 2.05) is 22.7 Å². The van der Waals surface area contributed by atoms with Gasteiger partial charge >= 0.3 is 0 Å². The molecule has 0 atom stereocenters. The summed E-state index contributed by atoms with van der Waals surface area (Å²) in [6.07, 6.45) is 0. The number of hydrogen-bond donors (Lipinski definition) is 0. The van der Waals surface area contributed by atoms with Crippen LogP contribution in [0.1, 0.15) is 51.3 Å². The van der Waals surface area contributed by atoms with Crippen LogP contribution in [0.5, 0.6) is 0 Å². The van der Waals surface area contributed by atoms with Crippen LogP contribution in [0.2, 0.25) is 0 Å². The number of aryl methyl sites for hydroxylation is 1. The van der Waals surface area contributed by atoms with Crippen molar-refractivity contribution in [3.8, 4) is 0 Å². The largest absolute Gasteiger partial charge is 0.342 e. The highest BCUT2D eigenvalue weighted by molar-refractivity contribution is 7.27. The van der Waals surface area contributed by atoms with Gasteiger partial charge in [-0.05, 0) is 23.0 Å². The van der Waals surface area contributed by atoms with Crippen LogP contribution in [-0.4, -0.2) is 4.57 Å². The number of thiophene rings is 2. The highest BCUT2D eigenvalue weighted by atomic mass is 32.1. The lowest BCUT2D eigenvalue weighted by Crippen LogP contribution is -2.08. The second-order valence-electron chi connectivity index (χ2n) is 7.71. The third kappa shape index (κ3) is 2.03. The first-order chi connectivity index (χ1) is 9.09. The van der Waals surface area contributed by atoms with Crippen LogP contribution in [0.4, 0.5) is 0 Å². The summed E-state index contributed by atoms with van der Waals surface area (Å²) in [5.74, 6) is 0. The van der Waals surface area contributed by atoms with E-state index in [1.165, 1.54) is 30.2 Å². The molecular formula is C17H23NS2. The predicted molar refractivity (Wildman–Crippen MR) is 93.6 cm³/mol. The molecule has 0 radical (unpaired) electrons.